The van der Waals surface area contributed by atoms with Crippen molar-refractivity contribution in [3.63, 3.8) is 0 Å². The molecule has 9 nitrogen and oxygen atoms in total. The average molecular weight is 473 g/mol. The van der Waals surface area contributed by atoms with Crippen molar-refractivity contribution in [2.45, 2.75) is 38.4 Å². The van der Waals surface area contributed by atoms with Crippen LogP contribution in [0.25, 0.3) is 10.9 Å². The highest BCUT2D eigenvalue weighted by atomic mass is 32.2. The van der Waals surface area contributed by atoms with Crippen LogP contribution in [0.2, 0.25) is 0 Å². The van der Waals surface area contributed by atoms with Crippen LogP contribution in [0.5, 0.6) is 5.75 Å². The zero-order valence-corrected chi connectivity index (χ0v) is 19.4. The summed E-state index contributed by atoms with van der Waals surface area (Å²) in [5.41, 5.74) is 3.93. The van der Waals surface area contributed by atoms with Crippen molar-refractivity contribution in [3.8, 4) is 5.75 Å². The van der Waals surface area contributed by atoms with Crippen molar-refractivity contribution in [3.05, 3.63) is 64.8 Å². The molecule has 1 aliphatic heterocycles. The van der Waals surface area contributed by atoms with Gasteiger partial charge in [0, 0.05) is 47.8 Å². The van der Waals surface area contributed by atoms with Crippen LogP contribution >= 0.6 is 0 Å². The highest BCUT2D eigenvalue weighted by molar-refractivity contribution is 7.87. The number of nitrogens with one attached hydrogen (secondary N) is 2. The molecule has 0 saturated carbocycles. The number of H-pyrrole nitrogens is 1. The van der Waals surface area contributed by atoms with Gasteiger partial charge in [0.05, 0.1) is 12.7 Å². The number of hydrogen-bond acceptors (Lipinski definition) is 5. The topological polar surface area (TPSA) is 138 Å². The minimum atomic E-state index is -3.88. The maximum Gasteiger partial charge on any atom is 0.336 e. The largest absolute Gasteiger partial charge is 0.496 e. The van der Waals surface area contributed by atoms with E-state index in [1.54, 1.807) is 31.4 Å². The van der Waals surface area contributed by atoms with Gasteiger partial charge < -0.3 is 14.8 Å². The number of aromatic nitrogens is 1. The molecule has 33 heavy (non-hydrogen) atoms. The number of piperidine rings is 1. The summed E-state index contributed by atoms with van der Waals surface area (Å²) in [6.45, 7) is 3.08. The molecule has 3 aromatic rings. The third-order valence-electron chi connectivity index (χ3n) is 6.29. The lowest BCUT2D eigenvalue weighted by Gasteiger charge is -2.40. The van der Waals surface area contributed by atoms with E-state index in [0.29, 0.717) is 31.5 Å². The van der Waals surface area contributed by atoms with Crippen molar-refractivity contribution >= 4 is 27.1 Å². The van der Waals surface area contributed by atoms with Crippen molar-refractivity contribution in [2.24, 2.45) is 5.14 Å². The highest BCUT2D eigenvalue weighted by Gasteiger charge is 2.34. The van der Waals surface area contributed by atoms with Gasteiger partial charge in [0.25, 0.3) is 10.2 Å². The predicted molar refractivity (Wildman–Crippen MR) is 125 cm³/mol. The zero-order chi connectivity index (χ0) is 23.8. The Bertz CT molecular complexity index is 1290. The summed E-state index contributed by atoms with van der Waals surface area (Å²) < 4.78 is 31.5. The van der Waals surface area contributed by atoms with Gasteiger partial charge in [-0.2, -0.15) is 13.1 Å². The van der Waals surface area contributed by atoms with Crippen LogP contribution < -0.4 is 14.6 Å². The summed E-state index contributed by atoms with van der Waals surface area (Å²) in [5.74, 6) is -0.261. The summed E-state index contributed by atoms with van der Waals surface area (Å²) in [6, 6.07) is 10.1. The fraction of sp³-hybridized carbons (Fsp3) is 0.348. The molecule has 5 N–H and O–H groups in total. The van der Waals surface area contributed by atoms with E-state index in [1.165, 1.54) is 0 Å². The first-order chi connectivity index (χ1) is 15.7. The van der Waals surface area contributed by atoms with E-state index in [-0.39, 0.29) is 11.6 Å². The first-order valence-corrected chi connectivity index (χ1v) is 12.2. The summed E-state index contributed by atoms with van der Waals surface area (Å²) in [4.78, 5) is 17.4. The molecule has 2 aromatic carbocycles. The lowest BCUT2D eigenvalue weighted by Crippen LogP contribution is -2.47. The Morgan fingerprint density at radius 2 is 2.09 bits per heavy atom. The van der Waals surface area contributed by atoms with Gasteiger partial charge in [-0.05, 0) is 49.1 Å². The summed E-state index contributed by atoms with van der Waals surface area (Å²) >= 11 is 0. The van der Waals surface area contributed by atoms with Crippen molar-refractivity contribution in [1.82, 2.24) is 14.6 Å². The third kappa shape index (κ3) is 4.88. The van der Waals surface area contributed by atoms with Gasteiger partial charge in [0.1, 0.15) is 5.75 Å². The molecule has 1 aliphatic rings. The number of benzene rings is 2. The van der Waals surface area contributed by atoms with Gasteiger partial charge in [0.2, 0.25) is 0 Å². The number of likely N-dealkylation sites (tertiary alicyclic amines) is 1. The molecular weight excluding hydrogens is 444 g/mol. The number of nitrogens with zero attached hydrogens (tertiary/aromatic N) is 1. The Kier molecular flexibility index (Phi) is 6.44. The number of fused-ring (bicyclic) bond motifs is 1. The number of carboxylic acid groups (broad SMARTS) is 1. The molecule has 0 amide bonds. The summed E-state index contributed by atoms with van der Waals surface area (Å²) in [5, 5.41) is 16.0. The van der Waals surface area contributed by atoms with Gasteiger partial charge in [-0.15, -0.1) is 0 Å². The monoisotopic (exact) mass is 472 g/mol. The number of hydrogen-bond donors (Lipinski definition) is 4. The number of carboxylic acids is 1. The fourth-order valence-electron chi connectivity index (χ4n) is 4.83. The summed E-state index contributed by atoms with van der Waals surface area (Å²) in [6.07, 6.45) is 2.83. The number of aromatic amines is 1. The number of ether oxygens (including phenoxy) is 1. The van der Waals surface area contributed by atoms with Crippen LogP contribution in [0, 0.1) is 6.92 Å². The minimum Gasteiger partial charge on any atom is -0.496 e. The van der Waals surface area contributed by atoms with Gasteiger partial charge in [-0.25, -0.2) is 9.93 Å². The van der Waals surface area contributed by atoms with E-state index < -0.39 is 22.2 Å². The van der Waals surface area contributed by atoms with E-state index in [1.807, 2.05) is 25.3 Å². The van der Waals surface area contributed by atoms with Crippen LogP contribution in [-0.2, 0) is 16.8 Å². The molecule has 1 aromatic heterocycles. The minimum absolute atomic E-state index is 0.200. The van der Waals surface area contributed by atoms with Crippen LogP contribution in [0.3, 0.4) is 0 Å². The smallest absolute Gasteiger partial charge is 0.336 e. The highest BCUT2D eigenvalue weighted by Crippen LogP contribution is 2.38. The van der Waals surface area contributed by atoms with Crippen LogP contribution in [0.4, 0.5) is 0 Å². The van der Waals surface area contributed by atoms with Crippen molar-refractivity contribution in [1.29, 1.82) is 0 Å². The average Bonchev–Trinajstić information content (AvgIpc) is 3.26. The first-order valence-electron chi connectivity index (χ1n) is 10.7. The van der Waals surface area contributed by atoms with Crippen LogP contribution in [-0.4, -0.2) is 49.1 Å². The van der Waals surface area contributed by atoms with E-state index >= 15 is 0 Å². The van der Waals surface area contributed by atoms with Crippen LogP contribution in [0.1, 0.15) is 45.9 Å². The Morgan fingerprint density at radius 1 is 1.33 bits per heavy atom. The quantitative estimate of drug-likeness (QED) is 0.417. The molecule has 2 atom stereocenters. The molecule has 1 saturated heterocycles. The van der Waals surface area contributed by atoms with Crippen LogP contribution in [0.15, 0.2) is 42.6 Å². The second-order valence-corrected chi connectivity index (χ2v) is 9.73. The fourth-order valence-corrected chi connectivity index (χ4v) is 5.51. The third-order valence-corrected chi connectivity index (χ3v) is 6.95. The Morgan fingerprint density at radius 3 is 2.79 bits per heavy atom. The Hall–Kier alpha value is -2.92. The molecule has 2 unspecified atom stereocenters. The molecule has 0 radical (unpaired) electrons. The Labute approximate surface area is 192 Å². The molecule has 10 heteroatoms. The lowest BCUT2D eigenvalue weighted by molar-refractivity contribution is 0.0686. The van der Waals surface area contributed by atoms with E-state index in [0.717, 1.165) is 27.8 Å². The maximum absolute atomic E-state index is 11.9. The normalized spacial score (nSPS) is 19.6. The predicted octanol–water partition coefficient (Wildman–Crippen LogP) is 2.68. The molecule has 0 bridgehead atoms. The Balaban J connectivity index is 1.76. The molecule has 0 spiro atoms. The molecule has 4 rings (SSSR count). The molecule has 1 fully saturated rings. The van der Waals surface area contributed by atoms with E-state index in [2.05, 4.69) is 14.6 Å². The lowest BCUT2D eigenvalue weighted by atomic mass is 9.88. The van der Waals surface area contributed by atoms with Gasteiger partial charge >= 0.3 is 5.97 Å². The molecular formula is C23H28N4O5S. The standard InChI is InChI=1S/C23H28N4O5S/c1-14-11-21(32-2)19(17-7-9-25-22(14)17)13-27-10-8-15(26-33(24,30)31)12-20(27)16-5-3-4-6-18(16)23(28)29/h3-7,9,11,15,20,25-26H,8,10,12-13H2,1-2H3,(H,28,29)(H2,24,30,31). The van der Waals surface area contributed by atoms with E-state index in [4.69, 9.17) is 9.88 Å². The number of methoxy groups -OCH3 is 1. The van der Waals surface area contributed by atoms with Gasteiger partial charge in [-0.1, -0.05) is 18.2 Å². The van der Waals surface area contributed by atoms with Crippen molar-refractivity contribution < 1.29 is 23.1 Å². The first kappa shape index (κ1) is 23.2. The maximum atomic E-state index is 11.9. The number of nitrogens with two attached hydrogens (primary N) is 1. The molecule has 0 aliphatic carbocycles. The van der Waals surface area contributed by atoms with Crippen molar-refractivity contribution in [2.75, 3.05) is 13.7 Å². The summed E-state index contributed by atoms with van der Waals surface area (Å²) in [7, 11) is -2.24. The van der Waals surface area contributed by atoms with Gasteiger partial charge in [-0.3, -0.25) is 4.90 Å². The zero-order valence-electron chi connectivity index (χ0n) is 18.5. The second-order valence-electron chi connectivity index (χ2n) is 8.40. The molecule has 176 valence electrons. The number of carbonyl (C=O) groups is 1. The molecule has 2 heterocycles. The number of aromatic carboxylic acids is 1. The van der Waals surface area contributed by atoms with Gasteiger partial charge in [0.15, 0.2) is 0 Å². The SMILES string of the molecule is COc1cc(C)c2[nH]ccc2c1CN1CCC(NS(N)(=O)=O)CC1c1ccccc1C(=O)O. The second kappa shape index (κ2) is 9.14. The van der Waals surface area contributed by atoms with E-state index in [9.17, 15) is 18.3 Å². The number of aryl methyl sites for hydroxylation is 1. The number of rotatable bonds is 7.